The van der Waals surface area contributed by atoms with E-state index in [1.807, 2.05) is 0 Å². The van der Waals surface area contributed by atoms with Crippen LogP contribution in [0.25, 0.3) is 0 Å². The van der Waals surface area contributed by atoms with Crippen molar-refractivity contribution in [3.63, 3.8) is 0 Å². The molecule has 0 aliphatic heterocycles. The van der Waals surface area contributed by atoms with E-state index in [-0.39, 0.29) is 22.0 Å². The van der Waals surface area contributed by atoms with Crippen molar-refractivity contribution >= 4 is 15.7 Å². The molecule has 222 valence electrons. The maximum atomic E-state index is 13.2. The minimum Gasteiger partial charge on any atom is -0.258 e. The summed E-state index contributed by atoms with van der Waals surface area (Å²) in [5, 5.41) is 11.5. The first-order chi connectivity index (χ1) is 18.9. The molecule has 40 heavy (non-hydrogen) atoms. The fraction of sp³-hybridized carbons (Fsp3) is 0.758. The molecule has 0 radical (unpaired) electrons. The second-order valence-electron chi connectivity index (χ2n) is 14.6. The van der Waals surface area contributed by atoms with Crippen LogP contribution in [0.1, 0.15) is 105 Å². The predicted molar refractivity (Wildman–Crippen MR) is 160 cm³/mol. The summed E-state index contributed by atoms with van der Waals surface area (Å²) in [6.07, 6.45) is 15.5. The van der Waals surface area contributed by atoms with Crippen LogP contribution in [0.4, 0.5) is 5.69 Å². The molecule has 0 spiro atoms. The first-order valence-corrected chi connectivity index (χ1v) is 17.3. The Labute approximate surface area is 242 Å². The third-order valence-electron chi connectivity index (χ3n) is 12.0. The average Bonchev–Trinajstić information content (AvgIpc) is 3.26. The fourth-order valence-electron chi connectivity index (χ4n) is 9.90. The van der Waals surface area contributed by atoms with E-state index < -0.39 is 14.9 Å². The van der Waals surface area contributed by atoms with Crippen LogP contribution in [-0.4, -0.2) is 19.4 Å². The molecule has 0 saturated heterocycles. The maximum Gasteiger partial charge on any atom is 0.289 e. The summed E-state index contributed by atoms with van der Waals surface area (Å²) in [4.78, 5) is 10.6. The Kier molecular flexibility index (Phi) is 8.30. The summed E-state index contributed by atoms with van der Waals surface area (Å²) in [6.45, 7) is 12.3. The number of nitrogens with zero attached hydrogens (tertiary/aromatic N) is 1. The van der Waals surface area contributed by atoms with Crippen molar-refractivity contribution in [3.05, 3.63) is 46.0 Å². The van der Waals surface area contributed by atoms with E-state index in [0.29, 0.717) is 17.8 Å². The molecule has 0 amide bonds. The summed E-state index contributed by atoms with van der Waals surface area (Å²) < 4.78 is 29.2. The number of allylic oxidation sites excluding steroid dienone is 1. The Morgan fingerprint density at radius 3 is 2.50 bits per heavy atom. The largest absolute Gasteiger partial charge is 0.289 e. The molecule has 7 heteroatoms. The highest BCUT2D eigenvalue weighted by molar-refractivity contribution is 7.89. The standard InChI is InChI=1S/C33H50N2O4S/c1-22(2)9-8-10-23(3)27-15-16-28-26-14-13-24-21-25(17-19-32(24,4)29(26)18-20-33(27,28)5)34-40(38,39)31-12-7-6-11-30(31)35(36)37/h6-7,11-13,22-23,25-29,34H,8-10,14-21H2,1-5H3/t23?,25-,26?,27+,28?,29?,32-,33+/m0/s1. The number of sulfonamides is 1. The number of nitrogens with one attached hydrogen (secondary N) is 1. The zero-order valence-corrected chi connectivity index (χ0v) is 26.0. The van der Waals surface area contributed by atoms with Crippen LogP contribution < -0.4 is 4.72 Å². The van der Waals surface area contributed by atoms with E-state index in [1.54, 1.807) is 6.07 Å². The minimum absolute atomic E-state index is 0.131. The number of para-hydroxylation sites is 1. The summed E-state index contributed by atoms with van der Waals surface area (Å²) >= 11 is 0. The van der Waals surface area contributed by atoms with Crippen molar-refractivity contribution < 1.29 is 13.3 Å². The number of fused-ring (bicyclic) bond motifs is 5. The van der Waals surface area contributed by atoms with Crippen molar-refractivity contribution in [1.82, 2.24) is 4.72 Å². The van der Waals surface area contributed by atoms with Gasteiger partial charge in [0, 0.05) is 12.1 Å². The Morgan fingerprint density at radius 1 is 1.02 bits per heavy atom. The van der Waals surface area contributed by atoms with Gasteiger partial charge in [-0.05, 0) is 104 Å². The van der Waals surface area contributed by atoms with Gasteiger partial charge < -0.3 is 0 Å². The van der Waals surface area contributed by atoms with Gasteiger partial charge in [0.05, 0.1) is 4.92 Å². The summed E-state index contributed by atoms with van der Waals surface area (Å²) in [5.74, 6) is 4.65. The lowest BCUT2D eigenvalue weighted by Crippen LogP contribution is -2.52. The molecule has 3 fully saturated rings. The monoisotopic (exact) mass is 570 g/mol. The van der Waals surface area contributed by atoms with Crippen LogP contribution in [0.15, 0.2) is 40.8 Å². The van der Waals surface area contributed by atoms with Crippen molar-refractivity contribution in [1.29, 1.82) is 0 Å². The molecule has 4 aliphatic carbocycles. The number of benzene rings is 1. The van der Waals surface area contributed by atoms with Crippen LogP contribution in [0, 0.1) is 56.5 Å². The van der Waals surface area contributed by atoms with Crippen LogP contribution >= 0.6 is 0 Å². The van der Waals surface area contributed by atoms with Crippen molar-refractivity contribution in [2.75, 3.05) is 0 Å². The normalized spacial score (nSPS) is 36.4. The maximum absolute atomic E-state index is 13.2. The molecule has 0 aromatic heterocycles. The Bertz CT molecular complexity index is 1240. The molecule has 1 aromatic rings. The molecular formula is C33H50N2O4S. The van der Waals surface area contributed by atoms with Gasteiger partial charge in [0.1, 0.15) is 0 Å². The molecule has 8 atom stereocenters. The number of rotatable bonds is 9. The summed E-state index contributed by atoms with van der Waals surface area (Å²) in [7, 11) is -3.98. The molecular weight excluding hydrogens is 520 g/mol. The Balaban J connectivity index is 1.29. The van der Waals surface area contributed by atoms with Crippen LogP contribution in [0.5, 0.6) is 0 Å². The zero-order valence-electron chi connectivity index (χ0n) is 25.2. The molecule has 6 nitrogen and oxygen atoms in total. The van der Waals surface area contributed by atoms with E-state index in [4.69, 9.17) is 0 Å². The lowest BCUT2D eigenvalue weighted by Gasteiger charge is -2.58. The molecule has 3 saturated carbocycles. The number of nitro groups is 1. The minimum atomic E-state index is -3.98. The zero-order chi connectivity index (χ0) is 28.9. The van der Waals surface area contributed by atoms with Gasteiger partial charge >= 0.3 is 0 Å². The van der Waals surface area contributed by atoms with Crippen molar-refractivity contribution in [2.45, 2.75) is 116 Å². The lowest BCUT2D eigenvalue weighted by molar-refractivity contribution is -0.387. The number of nitro benzene ring substituents is 1. The lowest BCUT2D eigenvalue weighted by atomic mass is 9.47. The highest BCUT2D eigenvalue weighted by atomic mass is 32.2. The quantitative estimate of drug-likeness (QED) is 0.184. The highest BCUT2D eigenvalue weighted by Crippen LogP contribution is 2.67. The van der Waals surface area contributed by atoms with Gasteiger partial charge in [0.15, 0.2) is 4.90 Å². The van der Waals surface area contributed by atoms with Gasteiger partial charge in [-0.2, -0.15) is 0 Å². The van der Waals surface area contributed by atoms with E-state index in [2.05, 4.69) is 45.4 Å². The van der Waals surface area contributed by atoms with Crippen molar-refractivity contribution in [3.8, 4) is 0 Å². The predicted octanol–water partition coefficient (Wildman–Crippen LogP) is 8.28. The van der Waals surface area contributed by atoms with Gasteiger partial charge in [-0.15, -0.1) is 0 Å². The van der Waals surface area contributed by atoms with Gasteiger partial charge in [-0.3, -0.25) is 10.1 Å². The first kappa shape index (κ1) is 29.8. The molecule has 0 bridgehead atoms. The SMILES string of the molecule is CC(C)CCCC(C)[C@H]1CCC2C3CC=C4C[C@@H](NS(=O)(=O)c5ccccc5[N+](=O)[O-])CC[C@]4(C)C3CC[C@@]21C. The average molecular weight is 571 g/mol. The molecule has 5 rings (SSSR count). The first-order valence-electron chi connectivity index (χ1n) is 15.8. The van der Waals surface area contributed by atoms with Gasteiger partial charge in [-0.25, -0.2) is 13.1 Å². The van der Waals surface area contributed by atoms with Crippen LogP contribution in [0.2, 0.25) is 0 Å². The molecule has 0 heterocycles. The van der Waals surface area contributed by atoms with E-state index in [0.717, 1.165) is 48.9 Å². The van der Waals surface area contributed by atoms with Gasteiger partial charge in [0.25, 0.3) is 5.69 Å². The Hall–Kier alpha value is -1.73. The fourth-order valence-corrected chi connectivity index (χ4v) is 11.3. The molecule has 1 N–H and O–H groups in total. The van der Waals surface area contributed by atoms with E-state index >= 15 is 0 Å². The summed E-state index contributed by atoms with van der Waals surface area (Å²) in [6, 6.07) is 5.41. The molecule has 4 aliphatic rings. The third kappa shape index (κ3) is 5.30. The second-order valence-corrected chi connectivity index (χ2v) is 16.3. The molecule has 4 unspecified atom stereocenters. The number of hydrogen-bond acceptors (Lipinski definition) is 4. The second kappa shape index (κ2) is 11.2. The number of hydrogen-bond donors (Lipinski definition) is 1. The van der Waals surface area contributed by atoms with Crippen LogP contribution in [-0.2, 0) is 10.0 Å². The Morgan fingerprint density at radius 2 is 1.77 bits per heavy atom. The van der Waals surface area contributed by atoms with Crippen LogP contribution in [0.3, 0.4) is 0 Å². The third-order valence-corrected chi connectivity index (χ3v) is 13.5. The molecule has 1 aromatic carbocycles. The van der Waals surface area contributed by atoms with Gasteiger partial charge in [0.2, 0.25) is 10.0 Å². The smallest absolute Gasteiger partial charge is 0.258 e. The van der Waals surface area contributed by atoms with Gasteiger partial charge in [-0.1, -0.05) is 77.7 Å². The van der Waals surface area contributed by atoms with E-state index in [9.17, 15) is 18.5 Å². The topological polar surface area (TPSA) is 89.3 Å². The highest BCUT2D eigenvalue weighted by Gasteiger charge is 2.59. The van der Waals surface area contributed by atoms with Crippen molar-refractivity contribution in [2.24, 2.45) is 46.3 Å². The van der Waals surface area contributed by atoms with E-state index in [1.165, 1.54) is 68.7 Å². The summed E-state index contributed by atoms with van der Waals surface area (Å²) in [5.41, 5.74) is 1.63.